The molecule has 0 fully saturated rings. The molecule has 0 saturated heterocycles. The number of hydrogen-bond acceptors (Lipinski definition) is 5. The lowest BCUT2D eigenvalue weighted by molar-refractivity contribution is -0.138. The van der Waals surface area contributed by atoms with E-state index in [0.29, 0.717) is 0 Å². The number of halogens is 4. The van der Waals surface area contributed by atoms with Crippen LogP contribution in [0, 0.1) is 0 Å². The van der Waals surface area contributed by atoms with E-state index in [9.17, 15) is 18.0 Å². The predicted molar refractivity (Wildman–Crippen MR) is 49.8 cm³/mol. The molecule has 0 radical (unpaired) electrons. The molecule has 3 N–H and O–H groups in total. The zero-order chi connectivity index (χ0) is 10.8. The lowest BCUT2D eigenvalue weighted by atomic mass is 10.6. The second kappa shape index (κ2) is 5.24. The van der Waals surface area contributed by atoms with Gasteiger partial charge in [0.1, 0.15) is 0 Å². The third-order valence-electron chi connectivity index (χ3n) is 1.10. The molecule has 0 atom stereocenters. The van der Waals surface area contributed by atoms with E-state index in [2.05, 4.69) is 15.5 Å². The minimum atomic E-state index is -4.54. The molecule has 0 unspecified atom stereocenters. The van der Waals surface area contributed by atoms with Crippen molar-refractivity contribution in [3.05, 3.63) is 5.01 Å². The summed E-state index contributed by atoms with van der Waals surface area (Å²) in [6, 6.07) is 0. The molecule has 1 aromatic rings. The van der Waals surface area contributed by atoms with Crippen LogP contribution in [0.3, 0.4) is 0 Å². The SMILES string of the molecule is Cl.NCC(=O)Nc1nnc(C(F)(F)F)s1. The molecule has 0 aliphatic heterocycles. The van der Waals surface area contributed by atoms with E-state index >= 15 is 0 Å². The Hall–Kier alpha value is -0.930. The molecule has 1 amide bonds. The van der Waals surface area contributed by atoms with Gasteiger partial charge in [-0.05, 0) is 0 Å². The van der Waals surface area contributed by atoms with E-state index in [4.69, 9.17) is 5.73 Å². The van der Waals surface area contributed by atoms with Gasteiger partial charge in [-0.15, -0.1) is 22.6 Å². The summed E-state index contributed by atoms with van der Waals surface area (Å²) < 4.78 is 36.0. The second-order valence-electron chi connectivity index (χ2n) is 2.16. The van der Waals surface area contributed by atoms with Gasteiger partial charge in [-0.3, -0.25) is 10.1 Å². The molecule has 5 nitrogen and oxygen atoms in total. The van der Waals surface area contributed by atoms with Crippen LogP contribution >= 0.6 is 23.7 Å². The number of nitrogens with one attached hydrogen (secondary N) is 1. The van der Waals surface area contributed by atoms with E-state index in [-0.39, 0.29) is 35.4 Å². The Morgan fingerprint density at radius 2 is 2.07 bits per heavy atom. The number of hydrogen-bond donors (Lipinski definition) is 2. The first kappa shape index (κ1) is 14.1. The Morgan fingerprint density at radius 1 is 1.47 bits per heavy atom. The van der Waals surface area contributed by atoms with Crippen molar-refractivity contribution in [1.29, 1.82) is 0 Å². The van der Waals surface area contributed by atoms with Crippen LogP contribution in [0.1, 0.15) is 5.01 Å². The summed E-state index contributed by atoms with van der Waals surface area (Å²) in [7, 11) is 0. The first-order valence-corrected chi connectivity index (χ1v) is 4.15. The third kappa shape index (κ3) is 3.98. The van der Waals surface area contributed by atoms with Crippen molar-refractivity contribution in [3.8, 4) is 0 Å². The monoisotopic (exact) mass is 262 g/mol. The van der Waals surface area contributed by atoms with Crippen LogP contribution in [0.15, 0.2) is 0 Å². The van der Waals surface area contributed by atoms with Gasteiger partial charge >= 0.3 is 6.18 Å². The van der Waals surface area contributed by atoms with Gasteiger partial charge < -0.3 is 5.73 Å². The Balaban J connectivity index is 0.00000196. The summed E-state index contributed by atoms with van der Waals surface area (Å²) in [5.74, 6) is -0.616. The van der Waals surface area contributed by atoms with Crippen LogP contribution < -0.4 is 11.1 Å². The summed E-state index contributed by atoms with van der Waals surface area (Å²) in [5.41, 5.74) is 4.93. The third-order valence-corrected chi connectivity index (χ3v) is 1.98. The van der Waals surface area contributed by atoms with Crippen molar-refractivity contribution in [2.75, 3.05) is 11.9 Å². The molecular formula is C5H6ClF3N4OS. The summed E-state index contributed by atoms with van der Waals surface area (Å²) in [6.07, 6.45) is -4.54. The average molecular weight is 263 g/mol. The van der Waals surface area contributed by atoms with Gasteiger partial charge in [-0.25, -0.2) is 0 Å². The molecule has 0 saturated carbocycles. The molecule has 86 valence electrons. The van der Waals surface area contributed by atoms with Gasteiger partial charge in [0.25, 0.3) is 0 Å². The lowest BCUT2D eigenvalue weighted by Gasteiger charge is -1.98. The highest BCUT2D eigenvalue weighted by atomic mass is 35.5. The zero-order valence-corrected chi connectivity index (χ0v) is 8.67. The molecule has 0 aliphatic carbocycles. The van der Waals surface area contributed by atoms with E-state index in [1.54, 1.807) is 0 Å². The first-order chi connectivity index (χ1) is 6.43. The normalized spacial score (nSPS) is 10.7. The van der Waals surface area contributed by atoms with E-state index in [1.807, 2.05) is 0 Å². The fraction of sp³-hybridized carbons (Fsp3) is 0.400. The maximum Gasteiger partial charge on any atom is 0.445 e. The van der Waals surface area contributed by atoms with E-state index in [0.717, 1.165) is 0 Å². The number of nitrogens with zero attached hydrogens (tertiary/aromatic N) is 2. The molecule has 0 aliphatic rings. The Bertz CT molecular complexity index is 341. The standard InChI is InChI=1S/C5H5F3N4OS.ClH/c6-5(7,8)3-11-12-4(14-3)10-2(13)1-9;/h1,9H2,(H,10,12,13);1H. The Labute approximate surface area is 92.3 Å². The zero-order valence-electron chi connectivity index (χ0n) is 7.04. The largest absolute Gasteiger partial charge is 0.445 e. The van der Waals surface area contributed by atoms with Crippen molar-refractivity contribution in [2.24, 2.45) is 5.73 Å². The van der Waals surface area contributed by atoms with Crippen LogP contribution in [-0.4, -0.2) is 22.6 Å². The highest BCUT2D eigenvalue weighted by molar-refractivity contribution is 7.15. The number of carbonyl (C=O) groups excluding carboxylic acids is 1. The van der Waals surface area contributed by atoms with Crippen LogP contribution in [-0.2, 0) is 11.0 Å². The van der Waals surface area contributed by atoms with Crippen LogP contribution in [0.5, 0.6) is 0 Å². The number of amides is 1. The van der Waals surface area contributed by atoms with Crippen molar-refractivity contribution >= 4 is 34.8 Å². The van der Waals surface area contributed by atoms with Gasteiger partial charge in [0, 0.05) is 0 Å². The number of aromatic nitrogens is 2. The van der Waals surface area contributed by atoms with Crippen molar-refractivity contribution < 1.29 is 18.0 Å². The number of nitrogens with two attached hydrogens (primary N) is 1. The van der Waals surface area contributed by atoms with Gasteiger partial charge in [-0.2, -0.15) is 13.2 Å². The lowest BCUT2D eigenvalue weighted by Crippen LogP contribution is -2.21. The fourth-order valence-electron chi connectivity index (χ4n) is 0.559. The summed E-state index contributed by atoms with van der Waals surface area (Å²) in [6.45, 7) is -0.319. The fourth-order valence-corrected chi connectivity index (χ4v) is 1.19. The molecule has 0 spiro atoms. The topological polar surface area (TPSA) is 80.9 Å². The smallest absolute Gasteiger partial charge is 0.322 e. The van der Waals surface area contributed by atoms with Gasteiger partial charge in [0.15, 0.2) is 0 Å². The highest BCUT2D eigenvalue weighted by Gasteiger charge is 2.35. The van der Waals surface area contributed by atoms with Crippen molar-refractivity contribution in [3.63, 3.8) is 0 Å². The molecule has 1 heterocycles. The first-order valence-electron chi connectivity index (χ1n) is 3.34. The summed E-state index contributed by atoms with van der Waals surface area (Å²) >= 11 is 0.249. The van der Waals surface area contributed by atoms with Crippen LogP contribution in [0.2, 0.25) is 0 Å². The number of rotatable bonds is 2. The maximum absolute atomic E-state index is 12.0. The second-order valence-corrected chi connectivity index (χ2v) is 3.14. The summed E-state index contributed by atoms with van der Waals surface area (Å²) in [5, 5.41) is 6.74. The average Bonchev–Trinajstić information content (AvgIpc) is 2.51. The van der Waals surface area contributed by atoms with Crippen LogP contribution in [0.25, 0.3) is 0 Å². The minimum Gasteiger partial charge on any atom is -0.322 e. The summed E-state index contributed by atoms with van der Waals surface area (Å²) in [4.78, 5) is 10.7. The Kier molecular flexibility index (Phi) is 4.91. The number of alkyl halides is 3. The molecule has 1 aromatic heterocycles. The minimum absolute atomic E-state index is 0. The highest BCUT2D eigenvalue weighted by Crippen LogP contribution is 2.32. The van der Waals surface area contributed by atoms with Gasteiger partial charge in [-0.1, -0.05) is 11.3 Å². The maximum atomic E-state index is 12.0. The van der Waals surface area contributed by atoms with Gasteiger partial charge in [0.05, 0.1) is 6.54 Å². The van der Waals surface area contributed by atoms with Crippen molar-refractivity contribution in [2.45, 2.75) is 6.18 Å². The Morgan fingerprint density at radius 3 is 2.47 bits per heavy atom. The van der Waals surface area contributed by atoms with E-state index in [1.165, 1.54) is 0 Å². The molecule has 0 aromatic carbocycles. The number of anilines is 1. The molecule has 15 heavy (non-hydrogen) atoms. The molecule has 1 rings (SSSR count). The molecule has 0 bridgehead atoms. The molecule has 10 heteroatoms. The van der Waals surface area contributed by atoms with Gasteiger partial charge in [0.2, 0.25) is 16.0 Å². The van der Waals surface area contributed by atoms with Crippen molar-refractivity contribution in [1.82, 2.24) is 10.2 Å². The quantitative estimate of drug-likeness (QED) is 0.829. The molecular weight excluding hydrogens is 257 g/mol. The van der Waals surface area contributed by atoms with E-state index < -0.39 is 17.1 Å². The van der Waals surface area contributed by atoms with Crippen LogP contribution in [0.4, 0.5) is 18.3 Å². The predicted octanol–water partition coefficient (Wildman–Crippen LogP) is 0.876. The number of carbonyl (C=O) groups is 1.